The van der Waals surface area contributed by atoms with Crippen molar-refractivity contribution in [1.29, 1.82) is 0 Å². The predicted octanol–water partition coefficient (Wildman–Crippen LogP) is 3.26. The number of benzene rings is 1. The molecule has 1 N–H and O–H groups in total. The van der Waals surface area contributed by atoms with Crippen molar-refractivity contribution < 1.29 is 0 Å². The minimum atomic E-state index is -0.314. The van der Waals surface area contributed by atoms with Gasteiger partial charge in [0.25, 0.3) is 5.56 Å². The van der Waals surface area contributed by atoms with Crippen LogP contribution >= 0.6 is 11.6 Å². The molecule has 0 unspecified atom stereocenters. The van der Waals surface area contributed by atoms with E-state index in [2.05, 4.69) is 36.1 Å². The van der Waals surface area contributed by atoms with Crippen LogP contribution in [0.25, 0.3) is 0 Å². The maximum Gasteiger partial charge on any atom is 0.287 e. The number of aromatic nitrogens is 2. The molecule has 0 saturated carbocycles. The van der Waals surface area contributed by atoms with Crippen molar-refractivity contribution >= 4 is 17.3 Å². The molecule has 2 rings (SSSR count). The third-order valence-corrected chi connectivity index (χ3v) is 3.62. The molecule has 0 amide bonds. The zero-order chi connectivity index (χ0) is 15.2. The lowest BCUT2D eigenvalue weighted by Crippen LogP contribution is -2.23. The first-order chi connectivity index (χ1) is 10.2. The molecular formula is C16H18ClN3O. The van der Waals surface area contributed by atoms with Gasteiger partial charge in [0, 0.05) is 6.54 Å². The maximum absolute atomic E-state index is 12.0. The Morgan fingerprint density at radius 3 is 2.76 bits per heavy atom. The average molecular weight is 304 g/mol. The quantitative estimate of drug-likeness (QED) is 0.833. The molecule has 4 nitrogen and oxygen atoms in total. The van der Waals surface area contributed by atoms with Crippen LogP contribution in [0.3, 0.4) is 0 Å². The van der Waals surface area contributed by atoms with Crippen molar-refractivity contribution in [3.05, 3.63) is 69.6 Å². The molecule has 0 aliphatic rings. The van der Waals surface area contributed by atoms with E-state index in [1.165, 1.54) is 15.8 Å². The van der Waals surface area contributed by atoms with Gasteiger partial charge in [0.2, 0.25) is 0 Å². The zero-order valence-corrected chi connectivity index (χ0v) is 12.7. The second-order valence-corrected chi connectivity index (χ2v) is 5.00. The molecule has 1 aromatic heterocycles. The lowest BCUT2D eigenvalue weighted by Gasteiger charge is -2.12. The Labute approximate surface area is 129 Å². The van der Waals surface area contributed by atoms with Crippen LogP contribution < -0.4 is 10.9 Å². The first-order valence-electron chi connectivity index (χ1n) is 6.84. The van der Waals surface area contributed by atoms with E-state index in [0.29, 0.717) is 18.8 Å². The highest BCUT2D eigenvalue weighted by Crippen LogP contribution is 2.18. The minimum Gasteiger partial charge on any atom is -0.378 e. The monoisotopic (exact) mass is 303 g/mol. The molecule has 0 aliphatic heterocycles. The second kappa shape index (κ2) is 7.09. The second-order valence-electron chi connectivity index (χ2n) is 4.62. The third-order valence-electron chi connectivity index (χ3n) is 3.26. The van der Waals surface area contributed by atoms with Gasteiger partial charge in [0.15, 0.2) is 0 Å². The maximum atomic E-state index is 12.0. The topological polar surface area (TPSA) is 46.9 Å². The number of hydrogen-bond acceptors (Lipinski definition) is 3. The molecule has 110 valence electrons. The number of nitrogens with zero attached hydrogens (tertiary/aromatic N) is 2. The van der Waals surface area contributed by atoms with Crippen molar-refractivity contribution in [2.75, 3.05) is 5.32 Å². The Morgan fingerprint density at radius 2 is 2.10 bits per heavy atom. The number of allylic oxidation sites excluding steroid dienone is 1. The highest BCUT2D eigenvalue weighted by atomic mass is 35.5. The lowest BCUT2D eigenvalue weighted by molar-refractivity contribution is 0.653. The van der Waals surface area contributed by atoms with Crippen molar-refractivity contribution in [2.45, 2.75) is 26.4 Å². The Hall–Kier alpha value is -2.07. The van der Waals surface area contributed by atoms with Crippen LogP contribution in [0, 0.1) is 0 Å². The molecule has 1 heterocycles. The van der Waals surface area contributed by atoms with Gasteiger partial charge in [-0.2, -0.15) is 5.10 Å². The van der Waals surface area contributed by atoms with E-state index < -0.39 is 0 Å². The summed E-state index contributed by atoms with van der Waals surface area (Å²) >= 11 is 6.10. The van der Waals surface area contributed by atoms with Crippen LogP contribution in [0.4, 0.5) is 5.69 Å². The fourth-order valence-electron chi connectivity index (χ4n) is 2.11. The van der Waals surface area contributed by atoms with Crippen LogP contribution in [-0.2, 0) is 19.5 Å². The first kappa shape index (κ1) is 15.3. The summed E-state index contributed by atoms with van der Waals surface area (Å²) in [4.78, 5) is 12.0. The van der Waals surface area contributed by atoms with E-state index in [1.54, 1.807) is 12.3 Å². The van der Waals surface area contributed by atoms with Gasteiger partial charge < -0.3 is 5.32 Å². The smallest absolute Gasteiger partial charge is 0.287 e. The van der Waals surface area contributed by atoms with Crippen molar-refractivity contribution in [3.63, 3.8) is 0 Å². The summed E-state index contributed by atoms with van der Waals surface area (Å²) in [5.74, 6) is 0. The van der Waals surface area contributed by atoms with Gasteiger partial charge in [0.05, 0.1) is 18.4 Å². The first-order valence-corrected chi connectivity index (χ1v) is 7.22. The Kier molecular flexibility index (Phi) is 5.17. The molecule has 0 radical (unpaired) electrons. The Balaban J connectivity index is 2.19. The highest BCUT2D eigenvalue weighted by Gasteiger charge is 2.09. The molecule has 5 heteroatoms. The number of halogens is 1. The summed E-state index contributed by atoms with van der Waals surface area (Å²) in [7, 11) is 0. The van der Waals surface area contributed by atoms with Gasteiger partial charge in [-0.3, -0.25) is 4.79 Å². The molecule has 1 aromatic carbocycles. The number of aryl methyl sites for hydroxylation is 1. The number of anilines is 1. The minimum absolute atomic E-state index is 0.154. The molecule has 21 heavy (non-hydrogen) atoms. The van der Waals surface area contributed by atoms with Crippen molar-refractivity contribution in [2.24, 2.45) is 0 Å². The summed E-state index contributed by atoms with van der Waals surface area (Å²) in [6.45, 7) is 6.65. The van der Waals surface area contributed by atoms with Gasteiger partial charge in [-0.15, -0.1) is 6.58 Å². The van der Waals surface area contributed by atoms with E-state index in [9.17, 15) is 4.79 Å². The van der Waals surface area contributed by atoms with Gasteiger partial charge in [0.1, 0.15) is 5.02 Å². The van der Waals surface area contributed by atoms with Gasteiger partial charge in [-0.05, 0) is 17.5 Å². The highest BCUT2D eigenvalue weighted by molar-refractivity contribution is 6.32. The molecule has 0 fully saturated rings. The molecule has 0 spiro atoms. The Morgan fingerprint density at radius 1 is 1.38 bits per heavy atom. The fraction of sp³-hybridized carbons (Fsp3) is 0.250. The van der Waals surface area contributed by atoms with Crippen LogP contribution in [-0.4, -0.2) is 9.78 Å². The van der Waals surface area contributed by atoms with E-state index >= 15 is 0 Å². The summed E-state index contributed by atoms with van der Waals surface area (Å²) in [6.07, 6.45) is 4.14. The van der Waals surface area contributed by atoms with Crippen LogP contribution in [0.5, 0.6) is 0 Å². The summed E-state index contributed by atoms with van der Waals surface area (Å²) in [5, 5.41) is 7.40. The summed E-state index contributed by atoms with van der Waals surface area (Å²) < 4.78 is 1.28. The van der Waals surface area contributed by atoms with Crippen LogP contribution in [0.1, 0.15) is 18.1 Å². The number of hydrogen-bond donors (Lipinski definition) is 1. The fourth-order valence-corrected chi connectivity index (χ4v) is 2.32. The van der Waals surface area contributed by atoms with E-state index in [-0.39, 0.29) is 10.6 Å². The van der Waals surface area contributed by atoms with E-state index in [1.807, 2.05) is 12.1 Å². The molecular weight excluding hydrogens is 286 g/mol. The standard InChI is InChI=1S/C16H18ClN3O/c1-3-9-20-16(21)15(17)14(11-19-20)18-10-13-8-6-5-7-12(13)4-2/h3,5-8,11,18H,1,4,9-10H2,2H3. The average Bonchev–Trinajstić information content (AvgIpc) is 2.51. The van der Waals surface area contributed by atoms with Gasteiger partial charge in [-0.25, -0.2) is 4.68 Å². The summed E-state index contributed by atoms with van der Waals surface area (Å²) in [6, 6.07) is 8.18. The largest absolute Gasteiger partial charge is 0.378 e. The normalized spacial score (nSPS) is 10.4. The molecule has 0 atom stereocenters. The zero-order valence-electron chi connectivity index (χ0n) is 12.0. The van der Waals surface area contributed by atoms with Crippen LogP contribution in [0.15, 0.2) is 47.9 Å². The van der Waals surface area contributed by atoms with Crippen molar-refractivity contribution in [1.82, 2.24) is 9.78 Å². The molecule has 0 bridgehead atoms. The van der Waals surface area contributed by atoms with E-state index in [0.717, 1.165) is 6.42 Å². The number of nitrogens with one attached hydrogen (secondary N) is 1. The van der Waals surface area contributed by atoms with Gasteiger partial charge in [-0.1, -0.05) is 48.9 Å². The third kappa shape index (κ3) is 3.52. The van der Waals surface area contributed by atoms with Crippen LogP contribution in [0.2, 0.25) is 5.02 Å². The lowest BCUT2D eigenvalue weighted by atomic mass is 10.1. The Bertz CT molecular complexity index is 694. The number of rotatable bonds is 6. The predicted molar refractivity (Wildman–Crippen MR) is 86.9 cm³/mol. The van der Waals surface area contributed by atoms with Gasteiger partial charge >= 0.3 is 0 Å². The molecule has 0 aliphatic carbocycles. The van der Waals surface area contributed by atoms with E-state index in [4.69, 9.17) is 11.6 Å². The molecule has 0 saturated heterocycles. The summed E-state index contributed by atoms with van der Waals surface area (Å²) in [5.41, 5.74) is 2.69. The SMILES string of the molecule is C=CCn1ncc(NCc2ccccc2CC)c(Cl)c1=O. The molecule has 2 aromatic rings. The van der Waals surface area contributed by atoms with Crippen molar-refractivity contribution in [3.8, 4) is 0 Å².